The number of hydrogen-bond acceptors (Lipinski definition) is 5. The average Bonchev–Trinajstić information content (AvgIpc) is 3.41. The molecular formula is C32H33N5O4. The topological polar surface area (TPSA) is 119 Å². The number of aromatic amines is 1. The van der Waals surface area contributed by atoms with Crippen LogP contribution < -0.4 is 10.1 Å². The van der Waals surface area contributed by atoms with Crippen LogP contribution in [0.15, 0.2) is 48.5 Å². The van der Waals surface area contributed by atoms with E-state index in [1.807, 2.05) is 42.5 Å². The van der Waals surface area contributed by atoms with Crippen molar-refractivity contribution >= 4 is 34.3 Å². The zero-order valence-electron chi connectivity index (χ0n) is 23.1. The predicted molar refractivity (Wildman–Crippen MR) is 152 cm³/mol. The van der Waals surface area contributed by atoms with Crippen LogP contribution in [-0.4, -0.2) is 64.3 Å². The van der Waals surface area contributed by atoms with E-state index in [1.54, 1.807) is 18.0 Å². The number of nitrogens with one attached hydrogen (secondary N) is 2. The Bertz CT molecular complexity index is 1600. The predicted octanol–water partition coefficient (Wildman–Crippen LogP) is 4.35. The molecule has 3 heterocycles. The van der Waals surface area contributed by atoms with Crippen molar-refractivity contribution in [2.75, 3.05) is 18.9 Å². The molecular weight excluding hydrogens is 518 g/mol. The smallest absolute Gasteiger partial charge is 0.270 e. The maximum Gasteiger partial charge on any atom is 0.270 e. The summed E-state index contributed by atoms with van der Waals surface area (Å²) in [6.45, 7) is 0.115. The van der Waals surface area contributed by atoms with Gasteiger partial charge in [-0.2, -0.15) is 5.26 Å². The largest absolute Gasteiger partial charge is 0.490 e. The standard InChI is InChI=1S/C32H33N5O4/c1-36(29(38)26-15-22-24(34-26)10-5-11-28(22)41-21-12-13-21)27(14-19-6-4-7-19)30(39)37-18-32(16-20(37)17-33)23-8-2-3-9-25(23)35-31(32)40/h2-3,5,8-11,15,19-21,27,34H,4,6-7,12-14,16,18H2,1H3,(H,35,40)/t20?,27-,32-/m0/s1. The number of nitrogens with zero attached hydrogens (tertiary/aromatic N) is 3. The second-order valence-electron chi connectivity index (χ2n) is 12.1. The number of rotatable bonds is 7. The number of nitriles is 1. The lowest BCUT2D eigenvalue weighted by atomic mass is 9.79. The molecule has 1 saturated heterocycles. The van der Waals surface area contributed by atoms with Crippen LogP contribution in [-0.2, 0) is 15.0 Å². The minimum atomic E-state index is -0.967. The molecule has 41 heavy (non-hydrogen) atoms. The number of likely N-dealkylation sites (N-methyl/N-ethyl adjacent to an activating group) is 1. The van der Waals surface area contributed by atoms with Crippen LogP contribution in [0.3, 0.4) is 0 Å². The summed E-state index contributed by atoms with van der Waals surface area (Å²) in [5.74, 6) is 0.341. The monoisotopic (exact) mass is 551 g/mol. The SMILES string of the molecule is CN(C(=O)c1cc2c(OC3CC3)cccc2[nH]1)[C@@H](CC1CCC1)C(=O)N1C[C@]2(CC1C#N)C(=O)Nc1ccccc12. The van der Waals surface area contributed by atoms with E-state index in [4.69, 9.17) is 4.74 Å². The first kappa shape index (κ1) is 25.6. The third kappa shape index (κ3) is 4.24. The molecule has 3 amide bonds. The molecule has 9 heteroatoms. The molecule has 1 unspecified atom stereocenters. The molecule has 9 nitrogen and oxygen atoms in total. The Kier molecular flexibility index (Phi) is 6.03. The van der Waals surface area contributed by atoms with Crippen LogP contribution in [0, 0.1) is 17.2 Å². The summed E-state index contributed by atoms with van der Waals surface area (Å²) in [5.41, 5.74) is 1.78. The number of para-hydroxylation sites is 1. The summed E-state index contributed by atoms with van der Waals surface area (Å²) in [6.07, 6.45) is 6.21. The normalized spacial score (nSPS) is 24.0. The molecule has 2 saturated carbocycles. The Morgan fingerprint density at radius 1 is 1.17 bits per heavy atom. The molecule has 4 aliphatic rings. The number of aromatic nitrogens is 1. The number of carbonyl (C=O) groups excluding carboxylic acids is 3. The lowest BCUT2D eigenvalue weighted by Gasteiger charge is -2.36. The third-order valence-electron chi connectivity index (χ3n) is 9.44. The number of likely N-dealkylation sites (tertiary alicyclic amines) is 1. The van der Waals surface area contributed by atoms with Gasteiger partial charge in [-0.3, -0.25) is 14.4 Å². The van der Waals surface area contributed by atoms with Gasteiger partial charge in [-0.05, 0) is 55.0 Å². The van der Waals surface area contributed by atoms with Crippen molar-refractivity contribution in [3.8, 4) is 11.8 Å². The lowest BCUT2D eigenvalue weighted by Crippen LogP contribution is -2.52. The van der Waals surface area contributed by atoms with Gasteiger partial charge < -0.3 is 24.8 Å². The fraction of sp³-hybridized carbons (Fsp3) is 0.438. The van der Waals surface area contributed by atoms with Gasteiger partial charge in [0.2, 0.25) is 11.8 Å². The van der Waals surface area contributed by atoms with Crippen molar-refractivity contribution in [1.29, 1.82) is 5.26 Å². The molecule has 2 aliphatic carbocycles. The van der Waals surface area contributed by atoms with Crippen molar-refractivity contribution in [3.05, 3.63) is 59.8 Å². The molecule has 3 fully saturated rings. The van der Waals surface area contributed by atoms with E-state index in [0.29, 0.717) is 18.0 Å². The van der Waals surface area contributed by atoms with Crippen LogP contribution in [0.4, 0.5) is 5.69 Å². The maximum absolute atomic E-state index is 14.3. The van der Waals surface area contributed by atoms with Gasteiger partial charge in [0.25, 0.3) is 5.91 Å². The van der Waals surface area contributed by atoms with Gasteiger partial charge in [0.05, 0.1) is 17.6 Å². The molecule has 2 aromatic carbocycles. The highest BCUT2D eigenvalue weighted by molar-refractivity contribution is 6.07. The van der Waals surface area contributed by atoms with E-state index < -0.39 is 17.5 Å². The van der Waals surface area contributed by atoms with Gasteiger partial charge in [-0.15, -0.1) is 0 Å². The Balaban J connectivity index is 1.18. The zero-order chi connectivity index (χ0) is 28.3. The van der Waals surface area contributed by atoms with E-state index in [0.717, 1.165) is 60.0 Å². The summed E-state index contributed by atoms with van der Waals surface area (Å²) >= 11 is 0. The minimum Gasteiger partial charge on any atom is -0.490 e. The number of hydrogen-bond donors (Lipinski definition) is 2. The number of amides is 3. The first-order chi connectivity index (χ1) is 19.9. The van der Waals surface area contributed by atoms with Crippen molar-refractivity contribution in [2.24, 2.45) is 5.92 Å². The number of fused-ring (bicyclic) bond motifs is 3. The third-order valence-corrected chi connectivity index (χ3v) is 9.44. The maximum atomic E-state index is 14.3. The number of ether oxygens (including phenoxy) is 1. The van der Waals surface area contributed by atoms with Gasteiger partial charge in [-0.25, -0.2) is 0 Å². The highest BCUT2D eigenvalue weighted by atomic mass is 16.5. The average molecular weight is 552 g/mol. The Labute approximate surface area is 238 Å². The molecule has 7 rings (SSSR count). The Morgan fingerprint density at radius 2 is 1.98 bits per heavy atom. The lowest BCUT2D eigenvalue weighted by molar-refractivity contribution is -0.137. The van der Waals surface area contributed by atoms with Crippen molar-refractivity contribution in [3.63, 3.8) is 0 Å². The van der Waals surface area contributed by atoms with Crippen LogP contribution in [0.5, 0.6) is 5.75 Å². The molecule has 3 aromatic rings. The van der Waals surface area contributed by atoms with E-state index in [-0.39, 0.29) is 36.8 Å². The fourth-order valence-electron chi connectivity index (χ4n) is 6.69. The van der Waals surface area contributed by atoms with Crippen LogP contribution in [0.25, 0.3) is 10.9 Å². The summed E-state index contributed by atoms with van der Waals surface area (Å²) < 4.78 is 6.05. The minimum absolute atomic E-state index is 0.115. The van der Waals surface area contributed by atoms with Gasteiger partial charge in [0, 0.05) is 36.6 Å². The number of H-pyrrole nitrogens is 1. The van der Waals surface area contributed by atoms with Gasteiger partial charge in [0.15, 0.2) is 0 Å². The van der Waals surface area contributed by atoms with E-state index >= 15 is 0 Å². The van der Waals surface area contributed by atoms with Crippen LogP contribution in [0.2, 0.25) is 0 Å². The first-order valence-corrected chi connectivity index (χ1v) is 14.5. The summed E-state index contributed by atoms with van der Waals surface area (Å²) in [4.78, 5) is 47.7. The summed E-state index contributed by atoms with van der Waals surface area (Å²) in [6, 6.07) is 15.8. The Hall–Kier alpha value is -4.32. The number of benzene rings is 2. The van der Waals surface area contributed by atoms with Crippen molar-refractivity contribution in [2.45, 2.75) is 68.5 Å². The summed E-state index contributed by atoms with van der Waals surface area (Å²) in [7, 11) is 1.67. The highest BCUT2D eigenvalue weighted by Gasteiger charge is 2.56. The Morgan fingerprint density at radius 3 is 2.71 bits per heavy atom. The first-order valence-electron chi connectivity index (χ1n) is 14.5. The summed E-state index contributed by atoms with van der Waals surface area (Å²) in [5, 5.41) is 13.9. The van der Waals surface area contributed by atoms with Crippen molar-refractivity contribution in [1.82, 2.24) is 14.8 Å². The van der Waals surface area contributed by atoms with Gasteiger partial charge >= 0.3 is 0 Å². The molecule has 2 aliphatic heterocycles. The van der Waals surface area contributed by atoms with Crippen LogP contribution >= 0.6 is 0 Å². The molecule has 2 N–H and O–H groups in total. The quantitative estimate of drug-likeness (QED) is 0.453. The van der Waals surface area contributed by atoms with Gasteiger partial charge in [-0.1, -0.05) is 43.5 Å². The van der Waals surface area contributed by atoms with Gasteiger partial charge in [0.1, 0.15) is 23.5 Å². The molecule has 0 radical (unpaired) electrons. The highest BCUT2D eigenvalue weighted by Crippen LogP contribution is 2.47. The molecule has 1 aromatic heterocycles. The molecule has 1 spiro atoms. The van der Waals surface area contributed by atoms with E-state index in [9.17, 15) is 19.6 Å². The van der Waals surface area contributed by atoms with E-state index in [2.05, 4.69) is 16.4 Å². The second kappa shape index (κ2) is 9.65. The molecule has 3 atom stereocenters. The number of anilines is 1. The second-order valence-corrected chi connectivity index (χ2v) is 12.1. The zero-order valence-corrected chi connectivity index (χ0v) is 23.1. The fourth-order valence-corrected chi connectivity index (χ4v) is 6.69. The van der Waals surface area contributed by atoms with Crippen molar-refractivity contribution < 1.29 is 19.1 Å². The van der Waals surface area contributed by atoms with E-state index in [1.165, 1.54) is 4.90 Å². The molecule has 0 bridgehead atoms. The van der Waals surface area contributed by atoms with Crippen LogP contribution in [0.1, 0.15) is 61.0 Å². The number of carbonyl (C=O) groups is 3. The molecule has 210 valence electrons.